The van der Waals surface area contributed by atoms with Crippen molar-refractivity contribution in [2.45, 2.75) is 50.8 Å². The number of halogens is 4. The van der Waals surface area contributed by atoms with Gasteiger partial charge in [0.15, 0.2) is 0 Å². The number of benzene rings is 1. The fourth-order valence-electron chi connectivity index (χ4n) is 2.91. The highest BCUT2D eigenvalue weighted by molar-refractivity contribution is 5.32. The van der Waals surface area contributed by atoms with Crippen molar-refractivity contribution in [3.8, 4) is 0 Å². The van der Waals surface area contributed by atoms with Crippen molar-refractivity contribution in [3.05, 3.63) is 35.1 Å². The fraction of sp³-hybridized carbons (Fsp3) is 0.600. The molecule has 1 aliphatic carbocycles. The van der Waals surface area contributed by atoms with Gasteiger partial charge in [-0.15, -0.1) is 0 Å². The molecule has 0 aliphatic heterocycles. The Labute approximate surface area is 115 Å². The van der Waals surface area contributed by atoms with Crippen molar-refractivity contribution in [1.29, 1.82) is 0 Å². The molecule has 0 spiro atoms. The molecule has 5 heteroatoms. The fourth-order valence-corrected chi connectivity index (χ4v) is 2.91. The van der Waals surface area contributed by atoms with Crippen LogP contribution in [0.4, 0.5) is 17.6 Å². The molecule has 0 saturated heterocycles. The maximum atomic E-state index is 13.1. The van der Waals surface area contributed by atoms with Gasteiger partial charge in [-0.1, -0.05) is 31.7 Å². The molecule has 2 rings (SSSR count). The Morgan fingerprint density at radius 1 is 1.05 bits per heavy atom. The standard InChI is InChI=1S/C15H18F4O/c16-11-7-8-12(13(9-11)15(17,18)19)14(20)10-5-3-1-2-4-6-10/h7-10,14,20H,1-6H2. The molecule has 0 heterocycles. The van der Waals surface area contributed by atoms with Gasteiger partial charge in [0.1, 0.15) is 5.82 Å². The third-order valence-electron chi connectivity index (χ3n) is 3.99. The quantitative estimate of drug-likeness (QED) is 0.610. The number of rotatable bonds is 2. The van der Waals surface area contributed by atoms with Gasteiger partial charge in [0, 0.05) is 0 Å². The lowest BCUT2D eigenvalue weighted by atomic mass is 9.87. The Balaban J connectivity index is 2.31. The molecule has 112 valence electrons. The van der Waals surface area contributed by atoms with Crippen molar-refractivity contribution in [2.24, 2.45) is 5.92 Å². The molecule has 1 saturated carbocycles. The minimum Gasteiger partial charge on any atom is -0.388 e. The van der Waals surface area contributed by atoms with E-state index in [4.69, 9.17) is 0 Å². The van der Waals surface area contributed by atoms with Crippen molar-refractivity contribution in [2.75, 3.05) is 0 Å². The van der Waals surface area contributed by atoms with Gasteiger partial charge >= 0.3 is 6.18 Å². The minimum atomic E-state index is -4.65. The zero-order valence-corrected chi connectivity index (χ0v) is 11.1. The summed E-state index contributed by atoms with van der Waals surface area (Å²) in [7, 11) is 0. The lowest BCUT2D eigenvalue weighted by Crippen LogP contribution is -2.18. The van der Waals surface area contributed by atoms with Crippen LogP contribution in [0.5, 0.6) is 0 Å². The van der Waals surface area contributed by atoms with Crippen LogP contribution in [0.3, 0.4) is 0 Å². The summed E-state index contributed by atoms with van der Waals surface area (Å²) in [5.41, 5.74) is -1.26. The van der Waals surface area contributed by atoms with Gasteiger partial charge in [0.2, 0.25) is 0 Å². The molecule has 0 bridgehead atoms. The molecule has 1 fully saturated rings. The highest BCUT2D eigenvalue weighted by atomic mass is 19.4. The van der Waals surface area contributed by atoms with E-state index >= 15 is 0 Å². The van der Waals surface area contributed by atoms with Crippen LogP contribution in [-0.2, 0) is 6.18 Å². The maximum Gasteiger partial charge on any atom is 0.416 e. The lowest BCUT2D eigenvalue weighted by Gasteiger charge is -2.24. The Hall–Kier alpha value is -1.10. The van der Waals surface area contributed by atoms with Gasteiger partial charge in [-0.05, 0) is 36.5 Å². The largest absolute Gasteiger partial charge is 0.416 e. The number of hydrogen-bond acceptors (Lipinski definition) is 1. The average Bonchev–Trinajstić information content (AvgIpc) is 2.65. The summed E-state index contributed by atoms with van der Waals surface area (Å²) in [6.45, 7) is 0. The van der Waals surface area contributed by atoms with Gasteiger partial charge in [0.25, 0.3) is 0 Å². The van der Waals surface area contributed by atoms with Crippen molar-refractivity contribution in [1.82, 2.24) is 0 Å². The third kappa shape index (κ3) is 3.51. The second-order valence-corrected chi connectivity index (χ2v) is 5.43. The topological polar surface area (TPSA) is 20.2 Å². The van der Waals surface area contributed by atoms with E-state index < -0.39 is 23.7 Å². The van der Waals surface area contributed by atoms with Crippen LogP contribution in [0.15, 0.2) is 18.2 Å². The first-order chi connectivity index (χ1) is 9.39. The zero-order chi connectivity index (χ0) is 14.8. The highest BCUT2D eigenvalue weighted by Crippen LogP contribution is 2.40. The predicted octanol–water partition coefficient (Wildman–Crippen LogP) is 4.85. The number of aliphatic hydroxyl groups is 1. The molecule has 0 radical (unpaired) electrons. The van der Waals surface area contributed by atoms with Crippen molar-refractivity contribution >= 4 is 0 Å². The Bertz CT molecular complexity index is 448. The molecule has 1 atom stereocenters. The van der Waals surface area contributed by atoms with E-state index in [-0.39, 0.29) is 11.5 Å². The van der Waals surface area contributed by atoms with Crippen molar-refractivity contribution in [3.63, 3.8) is 0 Å². The summed E-state index contributed by atoms with van der Waals surface area (Å²) < 4.78 is 51.9. The SMILES string of the molecule is OC(c1ccc(F)cc1C(F)(F)F)C1CCCCCC1. The van der Waals surface area contributed by atoms with Gasteiger partial charge in [-0.2, -0.15) is 13.2 Å². The van der Waals surface area contributed by atoms with Gasteiger partial charge < -0.3 is 5.11 Å². The maximum absolute atomic E-state index is 13.1. The summed E-state index contributed by atoms with van der Waals surface area (Å²) in [6.07, 6.45) is -0.439. The van der Waals surface area contributed by atoms with Crippen LogP contribution in [0.2, 0.25) is 0 Å². The summed E-state index contributed by atoms with van der Waals surface area (Å²) in [5.74, 6) is -1.11. The predicted molar refractivity (Wildman–Crippen MR) is 67.6 cm³/mol. The average molecular weight is 290 g/mol. The molecule has 1 aliphatic rings. The van der Waals surface area contributed by atoms with Crippen LogP contribution >= 0.6 is 0 Å². The molecule has 1 aromatic carbocycles. The minimum absolute atomic E-state index is 0.177. The molecular weight excluding hydrogens is 272 g/mol. The van der Waals surface area contributed by atoms with Gasteiger partial charge in [0.05, 0.1) is 11.7 Å². The van der Waals surface area contributed by atoms with E-state index in [0.29, 0.717) is 6.07 Å². The molecule has 0 amide bonds. The van der Waals surface area contributed by atoms with Crippen LogP contribution in [0.25, 0.3) is 0 Å². The molecule has 0 aromatic heterocycles. The van der Waals surface area contributed by atoms with E-state index in [9.17, 15) is 22.7 Å². The molecular formula is C15H18F4O. The van der Waals surface area contributed by atoms with Gasteiger partial charge in [-0.3, -0.25) is 0 Å². The van der Waals surface area contributed by atoms with Crippen molar-refractivity contribution < 1.29 is 22.7 Å². The second-order valence-electron chi connectivity index (χ2n) is 5.43. The second kappa shape index (κ2) is 6.12. The van der Waals surface area contributed by atoms with Crippen LogP contribution in [-0.4, -0.2) is 5.11 Å². The smallest absolute Gasteiger partial charge is 0.388 e. The van der Waals surface area contributed by atoms with E-state index in [1.807, 2.05) is 0 Å². The first-order valence-corrected chi connectivity index (χ1v) is 6.94. The zero-order valence-electron chi connectivity index (χ0n) is 11.1. The molecule has 1 N–H and O–H groups in total. The molecule has 1 nitrogen and oxygen atoms in total. The Morgan fingerprint density at radius 3 is 2.20 bits per heavy atom. The first-order valence-electron chi connectivity index (χ1n) is 6.94. The van der Waals surface area contributed by atoms with E-state index in [1.54, 1.807) is 0 Å². The van der Waals surface area contributed by atoms with Crippen LogP contribution in [0, 0.1) is 11.7 Å². The number of hydrogen-bond donors (Lipinski definition) is 1. The summed E-state index contributed by atoms with van der Waals surface area (Å²) in [6, 6.07) is 2.51. The molecule has 1 unspecified atom stereocenters. The third-order valence-corrected chi connectivity index (χ3v) is 3.99. The highest BCUT2D eigenvalue weighted by Gasteiger charge is 2.37. The Morgan fingerprint density at radius 2 is 1.65 bits per heavy atom. The van der Waals surface area contributed by atoms with Crippen LogP contribution < -0.4 is 0 Å². The van der Waals surface area contributed by atoms with E-state index in [0.717, 1.165) is 50.7 Å². The molecule has 20 heavy (non-hydrogen) atoms. The Kier molecular flexibility index (Phi) is 4.68. The molecule has 1 aromatic rings. The normalized spacial score (nSPS) is 19.6. The van der Waals surface area contributed by atoms with E-state index in [1.165, 1.54) is 0 Å². The van der Waals surface area contributed by atoms with E-state index in [2.05, 4.69) is 0 Å². The lowest BCUT2D eigenvalue weighted by molar-refractivity contribution is -0.139. The summed E-state index contributed by atoms with van der Waals surface area (Å²) in [4.78, 5) is 0. The first kappa shape index (κ1) is 15.3. The summed E-state index contributed by atoms with van der Waals surface area (Å²) in [5, 5.41) is 10.3. The van der Waals surface area contributed by atoms with Gasteiger partial charge in [-0.25, -0.2) is 4.39 Å². The summed E-state index contributed by atoms with van der Waals surface area (Å²) >= 11 is 0. The van der Waals surface area contributed by atoms with Crippen LogP contribution in [0.1, 0.15) is 55.8 Å². The number of alkyl halides is 3. The number of aliphatic hydroxyl groups excluding tert-OH is 1. The monoisotopic (exact) mass is 290 g/mol.